The average Bonchev–Trinajstić information content (AvgIpc) is 2.63. The molecule has 0 fully saturated rings. The van der Waals surface area contributed by atoms with Gasteiger partial charge in [-0.2, -0.15) is 0 Å². The second kappa shape index (κ2) is 7.47. The molecule has 6 heteroatoms. The van der Waals surface area contributed by atoms with E-state index in [9.17, 15) is 9.18 Å². The molecular formula is C20H20FN3O2. The van der Waals surface area contributed by atoms with E-state index in [2.05, 4.69) is 9.97 Å². The number of halogens is 1. The summed E-state index contributed by atoms with van der Waals surface area (Å²) in [5.41, 5.74) is 3.76. The van der Waals surface area contributed by atoms with Crippen LogP contribution >= 0.6 is 0 Å². The lowest BCUT2D eigenvalue weighted by Crippen LogP contribution is -2.30. The highest BCUT2D eigenvalue weighted by Gasteiger charge is 2.13. The molecule has 0 saturated carbocycles. The van der Waals surface area contributed by atoms with Gasteiger partial charge in [0.15, 0.2) is 0 Å². The van der Waals surface area contributed by atoms with Gasteiger partial charge in [0.1, 0.15) is 18.2 Å². The van der Waals surface area contributed by atoms with Gasteiger partial charge in [-0.1, -0.05) is 0 Å². The number of hydrogen-bond donors (Lipinski definition) is 0. The predicted molar refractivity (Wildman–Crippen MR) is 97.9 cm³/mol. The van der Waals surface area contributed by atoms with Crippen LogP contribution in [0.4, 0.5) is 4.39 Å². The summed E-state index contributed by atoms with van der Waals surface area (Å²) >= 11 is 0. The number of aryl methyl sites for hydroxylation is 2. The van der Waals surface area contributed by atoms with Gasteiger partial charge in [-0.15, -0.1) is 0 Å². The quantitative estimate of drug-likeness (QED) is 0.704. The lowest BCUT2D eigenvalue weighted by molar-refractivity contribution is 0.0774. The molecule has 0 radical (unpaired) electrons. The van der Waals surface area contributed by atoms with Crippen molar-refractivity contribution in [2.75, 3.05) is 20.2 Å². The number of fused-ring (bicyclic) bond motifs is 1. The molecule has 0 spiro atoms. The Hall–Kier alpha value is -3.02. The summed E-state index contributed by atoms with van der Waals surface area (Å²) in [6, 6.07) is 11.1. The fourth-order valence-corrected chi connectivity index (χ4v) is 2.52. The maximum absolute atomic E-state index is 12.9. The van der Waals surface area contributed by atoms with Crippen LogP contribution in [0.2, 0.25) is 0 Å². The summed E-state index contributed by atoms with van der Waals surface area (Å²) in [6.45, 7) is 4.54. The van der Waals surface area contributed by atoms with Gasteiger partial charge in [0.25, 0.3) is 5.91 Å². The van der Waals surface area contributed by atoms with E-state index in [1.54, 1.807) is 36.2 Å². The second-order valence-corrected chi connectivity index (χ2v) is 6.13. The van der Waals surface area contributed by atoms with Crippen LogP contribution < -0.4 is 4.74 Å². The molecule has 1 aromatic heterocycles. The topological polar surface area (TPSA) is 55.3 Å². The van der Waals surface area contributed by atoms with E-state index in [0.717, 1.165) is 16.9 Å². The number of amides is 1. The molecule has 0 unspecified atom stereocenters. The lowest BCUT2D eigenvalue weighted by Gasteiger charge is -2.18. The summed E-state index contributed by atoms with van der Waals surface area (Å²) in [5.74, 6) is 0.142. The largest absolute Gasteiger partial charge is 0.492 e. The van der Waals surface area contributed by atoms with Crippen LogP contribution in [0.1, 0.15) is 21.7 Å². The number of carbonyl (C=O) groups is 1. The minimum atomic E-state index is -0.311. The number of benzene rings is 2. The van der Waals surface area contributed by atoms with E-state index < -0.39 is 0 Å². The number of hydrogen-bond acceptors (Lipinski definition) is 4. The molecule has 0 N–H and O–H groups in total. The first-order valence-electron chi connectivity index (χ1n) is 8.33. The molecule has 0 saturated heterocycles. The molecule has 0 aliphatic rings. The van der Waals surface area contributed by atoms with Crippen molar-refractivity contribution in [3.05, 3.63) is 65.2 Å². The number of rotatable bonds is 5. The maximum atomic E-state index is 12.9. The minimum absolute atomic E-state index is 0.116. The van der Waals surface area contributed by atoms with Gasteiger partial charge >= 0.3 is 0 Å². The van der Waals surface area contributed by atoms with E-state index in [4.69, 9.17) is 4.74 Å². The van der Waals surface area contributed by atoms with Crippen LogP contribution in [0, 0.1) is 19.7 Å². The van der Waals surface area contributed by atoms with E-state index in [0.29, 0.717) is 30.0 Å². The lowest BCUT2D eigenvalue weighted by atomic mass is 10.1. The molecule has 1 heterocycles. The van der Waals surface area contributed by atoms with Crippen LogP contribution in [0.3, 0.4) is 0 Å². The van der Waals surface area contributed by atoms with E-state index in [-0.39, 0.29) is 11.7 Å². The first kappa shape index (κ1) is 17.8. The molecule has 0 aliphatic carbocycles. The third kappa shape index (κ3) is 3.96. The molecule has 3 aromatic rings. The first-order valence-corrected chi connectivity index (χ1v) is 8.33. The summed E-state index contributed by atoms with van der Waals surface area (Å²) in [5, 5.41) is 0. The van der Waals surface area contributed by atoms with Crippen molar-refractivity contribution in [2.45, 2.75) is 13.8 Å². The van der Waals surface area contributed by atoms with E-state index >= 15 is 0 Å². The van der Waals surface area contributed by atoms with E-state index in [1.807, 2.05) is 19.9 Å². The molecule has 0 atom stereocenters. The van der Waals surface area contributed by atoms with Crippen LogP contribution in [-0.4, -0.2) is 41.0 Å². The van der Waals surface area contributed by atoms with Crippen LogP contribution in [0.15, 0.2) is 42.5 Å². The fraction of sp³-hybridized carbons (Fsp3) is 0.250. The fourth-order valence-electron chi connectivity index (χ4n) is 2.52. The van der Waals surface area contributed by atoms with Gasteiger partial charge in [-0.05, 0) is 56.3 Å². The van der Waals surface area contributed by atoms with E-state index in [1.165, 1.54) is 12.1 Å². The first-order chi connectivity index (χ1) is 12.4. The average molecular weight is 353 g/mol. The highest BCUT2D eigenvalue weighted by molar-refractivity contribution is 5.97. The summed E-state index contributed by atoms with van der Waals surface area (Å²) < 4.78 is 18.4. The number of carbonyl (C=O) groups excluding carboxylic acids is 1. The molecule has 134 valence electrons. The van der Waals surface area contributed by atoms with Crippen molar-refractivity contribution < 1.29 is 13.9 Å². The van der Waals surface area contributed by atoms with Crippen LogP contribution in [0.5, 0.6) is 5.75 Å². The Morgan fingerprint density at radius 1 is 1.04 bits per heavy atom. The number of aromatic nitrogens is 2. The Balaban J connectivity index is 1.65. The zero-order valence-corrected chi connectivity index (χ0v) is 15.0. The van der Waals surface area contributed by atoms with Gasteiger partial charge < -0.3 is 9.64 Å². The SMILES string of the molecule is Cc1nc2ccc(C(=O)N(C)CCOc3ccc(F)cc3)cc2nc1C. The van der Waals surface area contributed by atoms with Gasteiger partial charge in [0.2, 0.25) is 0 Å². The van der Waals surface area contributed by atoms with Gasteiger partial charge in [0.05, 0.1) is 29.0 Å². The molecular weight excluding hydrogens is 333 g/mol. The number of likely N-dealkylation sites (N-methyl/N-ethyl adjacent to an activating group) is 1. The Morgan fingerprint density at radius 3 is 2.38 bits per heavy atom. The molecule has 0 bridgehead atoms. The third-order valence-electron chi connectivity index (χ3n) is 4.18. The molecule has 2 aromatic carbocycles. The summed E-state index contributed by atoms with van der Waals surface area (Å²) in [7, 11) is 1.71. The zero-order valence-electron chi connectivity index (χ0n) is 15.0. The predicted octanol–water partition coefficient (Wildman–Crippen LogP) is 3.54. The Bertz CT molecular complexity index is 942. The van der Waals surface area contributed by atoms with Crippen molar-refractivity contribution in [2.24, 2.45) is 0 Å². The zero-order chi connectivity index (χ0) is 18.7. The van der Waals surface area contributed by atoms with Crippen molar-refractivity contribution in [1.29, 1.82) is 0 Å². The molecule has 5 nitrogen and oxygen atoms in total. The molecule has 26 heavy (non-hydrogen) atoms. The van der Waals surface area contributed by atoms with Crippen LogP contribution in [0.25, 0.3) is 11.0 Å². The Labute approximate surface area is 151 Å². The summed E-state index contributed by atoms with van der Waals surface area (Å²) in [4.78, 5) is 23.2. The molecule has 0 aliphatic heterocycles. The smallest absolute Gasteiger partial charge is 0.253 e. The standard InChI is InChI=1S/C20H20FN3O2/c1-13-14(2)23-19-12-15(4-9-18(19)22-13)20(25)24(3)10-11-26-17-7-5-16(21)6-8-17/h4-9,12H,10-11H2,1-3H3. The minimum Gasteiger partial charge on any atom is -0.492 e. The van der Waals surface area contributed by atoms with Gasteiger partial charge in [-0.3, -0.25) is 4.79 Å². The van der Waals surface area contributed by atoms with Gasteiger partial charge in [-0.25, -0.2) is 14.4 Å². The van der Waals surface area contributed by atoms with Crippen molar-refractivity contribution in [3.8, 4) is 5.75 Å². The molecule has 1 amide bonds. The maximum Gasteiger partial charge on any atom is 0.253 e. The van der Waals surface area contributed by atoms with Crippen molar-refractivity contribution in [1.82, 2.24) is 14.9 Å². The normalized spacial score (nSPS) is 10.8. The number of nitrogens with zero attached hydrogens (tertiary/aromatic N) is 3. The van der Waals surface area contributed by atoms with Crippen molar-refractivity contribution in [3.63, 3.8) is 0 Å². The van der Waals surface area contributed by atoms with Gasteiger partial charge in [0, 0.05) is 12.6 Å². The Morgan fingerprint density at radius 2 is 1.69 bits per heavy atom. The Kier molecular flexibility index (Phi) is 5.11. The molecule has 3 rings (SSSR count). The second-order valence-electron chi connectivity index (χ2n) is 6.13. The highest BCUT2D eigenvalue weighted by atomic mass is 19.1. The highest BCUT2D eigenvalue weighted by Crippen LogP contribution is 2.16. The van der Waals surface area contributed by atoms with Crippen molar-refractivity contribution >= 4 is 16.9 Å². The monoisotopic (exact) mass is 353 g/mol. The number of ether oxygens (including phenoxy) is 1. The third-order valence-corrected chi connectivity index (χ3v) is 4.18. The van der Waals surface area contributed by atoms with Crippen LogP contribution in [-0.2, 0) is 0 Å². The summed E-state index contributed by atoms with van der Waals surface area (Å²) in [6.07, 6.45) is 0.